The number of nitrogens with two attached hydrogens (primary N) is 1. The van der Waals surface area contributed by atoms with Gasteiger partial charge in [-0.05, 0) is 79.4 Å². The first-order valence-corrected chi connectivity index (χ1v) is 9.38. The van der Waals surface area contributed by atoms with Crippen LogP contribution in [0.15, 0.2) is 6.20 Å². The Hall–Kier alpha value is -0.890. The first-order chi connectivity index (χ1) is 11.1. The molecule has 0 atom stereocenters. The van der Waals surface area contributed by atoms with Crippen LogP contribution >= 0.6 is 22.6 Å². The molecule has 2 heterocycles. The Labute approximate surface area is 152 Å². The minimum Gasteiger partial charge on any atom is -0.480 e. The van der Waals surface area contributed by atoms with E-state index >= 15 is 0 Å². The van der Waals surface area contributed by atoms with E-state index < -0.39 is 5.91 Å². The summed E-state index contributed by atoms with van der Waals surface area (Å²) in [5.74, 6) is 0.475. The highest BCUT2D eigenvalue weighted by molar-refractivity contribution is 14.1. The van der Waals surface area contributed by atoms with Crippen LogP contribution in [-0.4, -0.2) is 42.5 Å². The van der Waals surface area contributed by atoms with Crippen molar-refractivity contribution in [3.63, 3.8) is 0 Å². The number of rotatable bonds is 7. The van der Waals surface area contributed by atoms with E-state index in [1.807, 2.05) is 0 Å². The molecule has 2 N–H and O–H groups in total. The van der Waals surface area contributed by atoms with Crippen LogP contribution in [0.2, 0.25) is 0 Å². The molecule has 23 heavy (non-hydrogen) atoms. The zero-order valence-corrected chi connectivity index (χ0v) is 16.1. The van der Waals surface area contributed by atoms with Crippen LogP contribution in [0.1, 0.15) is 48.5 Å². The molecule has 128 valence electrons. The fraction of sp³-hybridized carbons (Fsp3) is 0.647. The van der Waals surface area contributed by atoms with Crippen LogP contribution in [0.5, 0.6) is 5.88 Å². The van der Waals surface area contributed by atoms with Crippen molar-refractivity contribution in [3.05, 3.63) is 20.9 Å². The Kier molecular flexibility index (Phi) is 7.08. The van der Waals surface area contributed by atoms with Gasteiger partial charge in [0.25, 0.3) is 5.91 Å². The normalized spacial score (nSPS) is 16.5. The number of methoxy groups -OCH3 is 1. The molecule has 1 fully saturated rings. The molecule has 0 spiro atoms. The summed E-state index contributed by atoms with van der Waals surface area (Å²) in [5, 5.41) is 0. The lowest BCUT2D eigenvalue weighted by Crippen LogP contribution is -2.35. The van der Waals surface area contributed by atoms with Crippen molar-refractivity contribution in [2.24, 2.45) is 11.7 Å². The van der Waals surface area contributed by atoms with Crippen molar-refractivity contribution in [3.8, 4) is 5.88 Å². The molecular formula is C17H26IN3O2. The Morgan fingerprint density at radius 2 is 2.17 bits per heavy atom. The second kappa shape index (κ2) is 8.82. The summed E-state index contributed by atoms with van der Waals surface area (Å²) >= 11 is 2.23. The molecule has 0 aliphatic carbocycles. The predicted molar refractivity (Wildman–Crippen MR) is 99.8 cm³/mol. The van der Waals surface area contributed by atoms with Crippen LogP contribution in [0.4, 0.5) is 0 Å². The zero-order chi connectivity index (χ0) is 16.8. The number of ether oxygens (including phenoxy) is 1. The summed E-state index contributed by atoms with van der Waals surface area (Å²) in [7, 11) is 1.53. The lowest BCUT2D eigenvalue weighted by molar-refractivity contribution is 0.0995. The first-order valence-electron chi connectivity index (χ1n) is 8.30. The van der Waals surface area contributed by atoms with Gasteiger partial charge in [-0.15, -0.1) is 0 Å². The number of likely N-dealkylation sites (tertiary alicyclic amines) is 1. The van der Waals surface area contributed by atoms with E-state index in [-0.39, 0.29) is 0 Å². The molecule has 6 heteroatoms. The predicted octanol–water partition coefficient (Wildman–Crippen LogP) is 2.85. The summed E-state index contributed by atoms with van der Waals surface area (Å²) < 4.78 is 6.22. The van der Waals surface area contributed by atoms with Gasteiger partial charge >= 0.3 is 0 Å². The largest absolute Gasteiger partial charge is 0.480 e. The lowest BCUT2D eigenvalue weighted by atomic mass is 9.88. The molecule has 0 bridgehead atoms. The number of hydrogen-bond donors (Lipinski definition) is 1. The number of hydrogen-bond acceptors (Lipinski definition) is 4. The van der Waals surface area contributed by atoms with Crippen LogP contribution in [0.25, 0.3) is 0 Å². The van der Waals surface area contributed by atoms with E-state index in [1.165, 1.54) is 39.3 Å². The van der Waals surface area contributed by atoms with Gasteiger partial charge in [0, 0.05) is 9.77 Å². The molecular weight excluding hydrogens is 405 g/mol. The molecule has 0 radical (unpaired) electrons. The molecule has 5 nitrogen and oxygen atoms in total. The fourth-order valence-corrected chi connectivity index (χ4v) is 3.83. The fourth-order valence-electron chi connectivity index (χ4n) is 3.20. The number of piperidine rings is 1. The van der Waals surface area contributed by atoms with E-state index in [9.17, 15) is 4.79 Å². The van der Waals surface area contributed by atoms with Crippen molar-refractivity contribution < 1.29 is 9.53 Å². The topological polar surface area (TPSA) is 68.5 Å². The SMILES string of the molecule is CCCCN1CCC(Cc2c(I)cnc(OC)c2C(N)=O)CC1. The summed E-state index contributed by atoms with van der Waals surface area (Å²) in [4.78, 5) is 18.6. The number of amides is 1. The van der Waals surface area contributed by atoms with Crippen LogP contribution in [0, 0.1) is 9.49 Å². The summed E-state index contributed by atoms with van der Waals surface area (Å²) in [5.41, 5.74) is 7.02. The minimum absolute atomic E-state index is 0.341. The van der Waals surface area contributed by atoms with E-state index in [0.29, 0.717) is 17.4 Å². The van der Waals surface area contributed by atoms with Crippen LogP contribution in [0.3, 0.4) is 0 Å². The van der Waals surface area contributed by atoms with Gasteiger partial charge in [0.1, 0.15) is 5.56 Å². The summed E-state index contributed by atoms with van der Waals surface area (Å²) in [6.07, 6.45) is 7.49. The lowest BCUT2D eigenvalue weighted by Gasteiger charge is -2.32. The first kappa shape index (κ1) is 18.4. The Bertz CT molecular complexity index is 543. The van der Waals surface area contributed by atoms with Crippen molar-refractivity contribution >= 4 is 28.5 Å². The molecule has 0 aromatic carbocycles. The standard InChI is InChI=1S/C17H26IN3O2/c1-3-4-7-21-8-5-12(6-9-21)10-13-14(18)11-20-17(23-2)15(13)16(19)22/h11-12H,3-10H2,1-2H3,(H2,19,22). The second-order valence-electron chi connectivity index (χ2n) is 6.18. The van der Waals surface area contributed by atoms with E-state index in [1.54, 1.807) is 6.20 Å². The van der Waals surface area contributed by atoms with Crippen LogP contribution < -0.4 is 10.5 Å². The maximum Gasteiger partial charge on any atom is 0.254 e. The Morgan fingerprint density at radius 3 is 2.74 bits per heavy atom. The molecule has 0 unspecified atom stereocenters. The molecule has 1 aliphatic heterocycles. The highest BCUT2D eigenvalue weighted by atomic mass is 127. The third kappa shape index (κ3) is 4.79. The second-order valence-corrected chi connectivity index (χ2v) is 7.34. The van der Waals surface area contributed by atoms with Crippen molar-refractivity contribution in [1.29, 1.82) is 0 Å². The number of primary amides is 1. The van der Waals surface area contributed by atoms with Gasteiger partial charge in [-0.1, -0.05) is 13.3 Å². The highest BCUT2D eigenvalue weighted by Gasteiger charge is 2.24. The molecule has 0 saturated carbocycles. The smallest absolute Gasteiger partial charge is 0.254 e. The van der Waals surface area contributed by atoms with Gasteiger partial charge in [-0.25, -0.2) is 4.98 Å². The van der Waals surface area contributed by atoms with Crippen molar-refractivity contribution in [1.82, 2.24) is 9.88 Å². The number of carbonyl (C=O) groups is 1. The van der Waals surface area contributed by atoms with Gasteiger partial charge in [0.2, 0.25) is 5.88 Å². The summed E-state index contributed by atoms with van der Waals surface area (Å²) in [6, 6.07) is 0. The molecule has 1 aromatic heterocycles. The average Bonchev–Trinajstić information content (AvgIpc) is 2.55. The molecule has 1 amide bonds. The summed E-state index contributed by atoms with van der Waals surface area (Å²) in [6.45, 7) is 5.73. The third-order valence-electron chi connectivity index (χ3n) is 4.57. The van der Waals surface area contributed by atoms with E-state index in [4.69, 9.17) is 10.5 Å². The number of pyridine rings is 1. The highest BCUT2D eigenvalue weighted by Crippen LogP contribution is 2.29. The number of unbranched alkanes of at least 4 members (excludes halogenated alkanes) is 1. The molecule has 1 aromatic rings. The Morgan fingerprint density at radius 1 is 1.48 bits per heavy atom. The maximum absolute atomic E-state index is 11.9. The quantitative estimate of drug-likeness (QED) is 0.675. The van der Waals surface area contributed by atoms with Crippen LogP contribution in [-0.2, 0) is 6.42 Å². The van der Waals surface area contributed by atoms with Gasteiger partial charge in [0.15, 0.2) is 0 Å². The number of halogens is 1. The average molecular weight is 431 g/mol. The van der Waals surface area contributed by atoms with Gasteiger partial charge in [-0.2, -0.15) is 0 Å². The van der Waals surface area contributed by atoms with Gasteiger partial charge in [0.05, 0.1) is 7.11 Å². The monoisotopic (exact) mass is 431 g/mol. The van der Waals surface area contributed by atoms with Crippen molar-refractivity contribution in [2.75, 3.05) is 26.7 Å². The molecule has 1 saturated heterocycles. The Balaban J connectivity index is 2.08. The molecule has 1 aliphatic rings. The van der Waals surface area contributed by atoms with E-state index in [2.05, 4.69) is 39.4 Å². The minimum atomic E-state index is -0.455. The number of carbonyl (C=O) groups excluding carboxylic acids is 1. The van der Waals surface area contributed by atoms with Gasteiger partial charge < -0.3 is 15.4 Å². The van der Waals surface area contributed by atoms with E-state index in [0.717, 1.165) is 28.6 Å². The van der Waals surface area contributed by atoms with Gasteiger partial charge in [-0.3, -0.25) is 4.79 Å². The zero-order valence-electron chi connectivity index (χ0n) is 14.0. The third-order valence-corrected chi connectivity index (χ3v) is 5.50. The molecule has 2 rings (SSSR count). The number of nitrogens with zero attached hydrogens (tertiary/aromatic N) is 2. The van der Waals surface area contributed by atoms with Crippen molar-refractivity contribution in [2.45, 2.75) is 39.0 Å². The maximum atomic E-state index is 11.9. The number of aromatic nitrogens is 1.